The lowest BCUT2D eigenvalue weighted by Gasteiger charge is -2.31. The molecule has 108 valence electrons. The maximum absolute atomic E-state index is 12.0. The van der Waals surface area contributed by atoms with E-state index < -0.39 is 16.6 Å². The molecule has 1 atom stereocenters. The molecule has 21 heavy (non-hydrogen) atoms. The molecular formula is C13H11ClN4O3. The molecule has 2 aromatic rings. The Bertz CT molecular complexity index is 840. The van der Waals surface area contributed by atoms with Gasteiger partial charge < -0.3 is 5.73 Å². The zero-order chi connectivity index (χ0) is 15.1. The van der Waals surface area contributed by atoms with Gasteiger partial charge in [-0.1, -0.05) is 41.9 Å². The SMILES string of the molecule is NC1=C(c2ccccc2)N(O)C(Cl)c2c1c(=O)[nH][nH]c2=O. The van der Waals surface area contributed by atoms with E-state index in [2.05, 4.69) is 10.2 Å². The number of hydroxylamine groups is 2. The molecule has 0 saturated carbocycles. The van der Waals surface area contributed by atoms with Gasteiger partial charge in [0, 0.05) is 5.56 Å². The van der Waals surface area contributed by atoms with Crippen molar-refractivity contribution in [2.45, 2.75) is 5.50 Å². The molecule has 0 amide bonds. The zero-order valence-corrected chi connectivity index (χ0v) is 11.4. The average Bonchev–Trinajstić information content (AvgIpc) is 2.48. The van der Waals surface area contributed by atoms with Crippen molar-refractivity contribution < 1.29 is 5.21 Å². The first kappa shape index (κ1) is 13.5. The summed E-state index contributed by atoms with van der Waals surface area (Å²) in [5, 5.41) is 15.3. The van der Waals surface area contributed by atoms with E-state index in [1.165, 1.54) is 0 Å². The molecule has 1 aliphatic rings. The third-order valence-electron chi connectivity index (χ3n) is 3.28. The second-order valence-corrected chi connectivity index (χ2v) is 4.92. The summed E-state index contributed by atoms with van der Waals surface area (Å²) in [6, 6.07) is 8.73. The number of benzene rings is 1. The van der Waals surface area contributed by atoms with Crippen LogP contribution in [0.2, 0.25) is 0 Å². The predicted octanol–water partition coefficient (Wildman–Crippen LogP) is 0.790. The second kappa shape index (κ2) is 4.80. The number of nitrogens with one attached hydrogen (secondary N) is 2. The van der Waals surface area contributed by atoms with Crippen molar-refractivity contribution in [3.63, 3.8) is 0 Å². The normalized spacial score (nSPS) is 17.8. The number of hydrogen-bond acceptors (Lipinski definition) is 5. The highest BCUT2D eigenvalue weighted by Crippen LogP contribution is 2.38. The van der Waals surface area contributed by atoms with Gasteiger partial charge in [0.1, 0.15) is 0 Å². The topological polar surface area (TPSA) is 115 Å². The third kappa shape index (κ3) is 1.94. The van der Waals surface area contributed by atoms with Crippen LogP contribution in [0.1, 0.15) is 22.2 Å². The Balaban J connectivity index is 2.38. The number of rotatable bonds is 1. The molecule has 0 radical (unpaired) electrons. The number of aromatic nitrogens is 2. The summed E-state index contributed by atoms with van der Waals surface area (Å²) in [6.07, 6.45) is 0. The average molecular weight is 307 g/mol. The van der Waals surface area contributed by atoms with E-state index in [1.54, 1.807) is 30.3 Å². The fourth-order valence-corrected chi connectivity index (χ4v) is 2.64. The molecule has 0 spiro atoms. The largest absolute Gasteiger partial charge is 0.396 e. The number of fused-ring (bicyclic) bond motifs is 1. The molecule has 1 unspecified atom stereocenters. The number of hydrogen-bond donors (Lipinski definition) is 4. The van der Waals surface area contributed by atoms with Crippen LogP contribution in [0.3, 0.4) is 0 Å². The Kier molecular flexibility index (Phi) is 3.08. The molecule has 1 aromatic heterocycles. The van der Waals surface area contributed by atoms with Gasteiger partial charge in [-0.2, -0.15) is 0 Å². The van der Waals surface area contributed by atoms with E-state index >= 15 is 0 Å². The van der Waals surface area contributed by atoms with Crippen LogP contribution in [0.15, 0.2) is 39.9 Å². The lowest BCUT2D eigenvalue weighted by Crippen LogP contribution is -2.38. The molecule has 0 aliphatic carbocycles. The van der Waals surface area contributed by atoms with E-state index in [9.17, 15) is 14.8 Å². The number of nitrogens with two attached hydrogens (primary N) is 1. The van der Waals surface area contributed by atoms with Gasteiger partial charge in [-0.05, 0) is 0 Å². The van der Waals surface area contributed by atoms with Crippen molar-refractivity contribution in [1.29, 1.82) is 0 Å². The highest BCUT2D eigenvalue weighted by atomic mass is 35.5. The van der Waals surface area contributed by atoms with Gasteiger partial charge in [-0.15, -0.1) is 0 Å². The summed E-state index contributed by atoms with van der Waals surface area (Å²) in [5.41, 5.74) is 4.23. The van der Waals surface area contributed by atoms with Gasteiger partial charge in [0.05, 0.1) is 22.5 Å². The zero-order valence-electron chi connectivity index (χ0n) is 10.6. The van der Waals surface area contributed by atoms with Crippen LogP contribution in [0, 0.1) is 0 Å². The summed E-state index contributed by atoms with van der Waals surface area (Å²) in [5.74, 6) is 0. The van der Waals surface area contributed by atoms with Crippen molar-refractivity contribution in [2.24, 2.45) is 5.73 Å². The third-order valence-corrected chi connectivity index (χ3v) is 3.69. The van der Waals surface area contributed by atoms with E-state index in [0.29, 0.717) is 10.6 Å². The van der Waals surface area contributed by atoms with Gasteiger partial charge in [-0.25, -0.2) is 5.06 Å². The molecule has 1 aromatic carbocycles. The van der Waals surface area contributed by atoms with Crippen LogP contribution in [0.4, 0.5) is 0 Å². The molecule has 2 heterocycles. The lowest BCUT2D eigenvalue weighted by molar-refractivity contribution is -0.0431. The molecule has 0 fully saturated rings. The highest BCUT2D eigenvalue weighted by molar-refractivity contribution is 6.22. The van der Waals surface area contributed by atoms with Gasteiger partial charge in [0.25, 0.3) is 11.1 Å². The molecule has 0 bridgehead atoms. The van der Waals surface area contributed by atoms with Crippen LogP contribution < -0.4 is 16.9 Å². The number of alkyl halides is 1. The van der Waals surface area contributed by atoms with Crippen LogP contribution in [-0.4, -0.2) is 20.5 Å². The Morgan fingerprint density at radius 2 is 1.76 bits per heavy atom. The first-order chi connectivity index (χ1) is 10.0. The smallest absolute Gasteiger partial charge is 0.272 e. The van der Waals surface area contributed by atoms with Crippen molar-refractivity contribution in [3.8, 4) is 0 Å². The summed E-state index contributed by atoms with van der Waals surface area (Å²) < 4.78 is 0. The van der Waals surface area contributed by atoms with Crippen molar-refractivity contribution in [1.82, 2.24) is 15.3 Å². The number of aromatic amines is 2. The Hall–Kier alpha value is -2.51. The number of halogens is 1. The maximum Gasteiger partial charge on any atom is 0.272 e. The summed E-state index contributed by atoms with van der Waals surface area (Å²) in [4.78, 5) is 23.8. The van der Waals surface area contributed by atoms with Crippen molar-refractivity contribution in [3.05, 3.63) is 67.7 Å². The van der Waals surface area contributed by atoms with E-state index in [4.69, 9.17) is 17.3 Å². The number of nitrogens with zero attached hydrogens (tertiary/aromatic N) is 1. The quantitative estimate of drug-likeness (QED) is 0.459. The molecule has 3 rings (SSSR count). The number of H-pyrrole nitrogens is 2. The Morgan fingerprint density at radius 1 is 1.14 bits per heavy atom. The van der Waals surface area contributed by atoms with Gasteiger partial charge >= 0.3 is 0 Å². The molecule has 1 aliphatic heterocycles. The van der Waals surface area contributed by atoms with Crippen LogP contribution in [-0.2, 0) is 0 Å². The summed E-state index contributed by atoms with van der Waals surface area (Å²) in [7, 11) is 0. The van der Waals surface area contributed by atoms with Gasteiger partial charge in [-0.3, -0.25) is 25.0 Å². The van der Waals surface area contributed by atoms with Crippen molar-refractivity contribution >= 4 is 23.0 Å². The van der Waals surface area contributed by atoms with Crippen LogP contribution in [0.25, 0.3) is 11.4 Å². The van der Waals surface area contributed by atoms with Gasteiger partial charge in [0.15, 0.2) is 5.50 Å². The van der Waals surface area contributed by atoms with E-state index in [0.717, 1.165) is 0 Å². The minimum Gasteiger partial charge on any atom is -0.396 e. The minimum absolute atomic E-state index is 0.0112. The molecule has 8 heteroatoms. The van der Waals surface area contributed by atoms with E-state index in [1.807, 2.05) is 0 Å². The standard InChI is InChI=1S/C13H11ClN4O3/c14-11-8-7(12(19)16-17-13(8)20)9(15)10(18(11)21)6-4-2-1-3-5-6/h1-5,11,21H,15H2,(H,16,19)(H,17,20). The molecular weight excluding hydrogens is 296 g/mol. The summed E-state index contributed by atoms with van der Waals surface area (Å²) >= 11 is 6.10. The second-order valence-electron chi connectivity index (χ2n) is 4.51. The fraction of sp³-hybridized carbons (Fsp3) is 0.0769. The fourth-order valence-electron chi connectivity index (χ4n) is 2.34. The van der Waals surface area contributed by atoms with E-state index in [-0.39, 0.29) is 22.5 Å². The van der Waals surface area contributed by atoms with Crippen LogP contribution in [0.5, 0.6) is 0 Å². The minimum atomic E-state index is -1.21. The highest BCUT2D eigenvalue weighted by Gasteiger charge is 2.35. The molecule has 7 nitrogen and oxygen atoms in total. The monoisotopic (exact) mass is 306 g/mol. The first-order valence-electron chi connectivity index (χ1n) is 6.05. The molecule has 0 saturated heterocycles. The predicted molar refractivity (Wildman–Crippen MR) is 77.3 cm³/mol. The van der Waals surface area contributed by atoms with Gasteiger partial charge in [0.2, 0.25) is 0 Å². The lowest BCUT2D eigenvalue weighted by atomic mass is 9.98. The first-order valence-corrected chi connectivity index (χ1v) is 6.48. The summed E-state index contributed by atoms with van der Waals surface area (Å²) in [6.45, 7) is 0. The Morgan fingerprint density at radius 3 is 2.43 bits per heavy atom. The van der Waals surface area contributed by atoms with Crippen molar-refractivity contribution in [2.75, 3.05) is 0 Å². The Labute approximate surface area is 123 Å². The maximum atomic E-state index is 12.0. The van der Waals surface area contributed by atoms with Crippen LogP contribution >= 0.6 is 11.6 Å². The molecule has 5 N–H and O–H groups in total.